The van der Waals surface area contributed by atoms with Crippen LogP contribution in [0.3, 0.4) is 0 Å². The van der Waals surface area contributed by atoms with Crippen LogP contribution in [0.2, 0.25) is 0 Å². The lowest BCUT2D eigenvalue weighted by Gasteiger charge is -2.26. The van der Waals surface area contributed by atoms with Gasteiger partial charge >= 0.3 is 0 Å². The molecule has 0 aromatic heterocycles. The van der Waals surface area contributed by atoms with Gasteiger partial charge in [0.1, 0.15) is 0 Å². The molecule has 74 valence electrons. The summed E-state index contributed by atoms with van der Waals surface area (Å²) < 4.78 is 0. The average Bonchev–Trinajstić information content (AvgIpc) is 2.69. The zero-order valence-corrected chi connectivity index (χ0v) is 7.89. The van der Waals surface area contributed by atoms with Crippen molar-refractivity contribution in [1.29, 1.82) is 0 Å². The van der Waals surface area contributed by atoms with Crippen LogP contribution in [-0.4, -0.2) is 23.4 Å². The maximum absolute atomic E-state index is 8.95. The van der Waals surface area contributed by atoms with E-state index in [1.807, 2.05) is 0 Å². The molecule has 0 amide bonds. The largest absolute Gasteiger partial charge is 0.396 e. The van der Waals surface area contributed by atoms with E-state index in [4.69, 9.17) is 10.2 Å². The lowest BCUT2D eigenvalue weighted by molar-refractivity contribution is 0.174. The van der Waals surface area contributed by atoms with Gasteiger partial charge in [-0.25, -0.2) is 0 Å². The summed E-state index contributed by atoms with van der Waals surface area (Å²) in [5.74, 6) is 2.64. The third-order valence-electron chi connectivity index (χ3n) is 3.72. The van der Waals surface area contributed by atoms with Crippen LogP contribution >= 0.6 is 0 Å². The number of fused-ring (bicyclic) bond motifs is 2. The van der Waals surface area contributed by atoms with Crippen LogP contribution < -0.4 is 0 Å². The Hall–Kier alpha value is -0.340. The summed E-state index contributed by atoms with van der Waals surface area (Å²) in [7, 11) is 0. The van der Waals surface area contributed by atoms with Gasteiger partial charge in [-0.05, 0) is 42.9 Å². The fourth-order valence-electron chi connectivity index (χ4n) is 3.18. The number of hydrogen-bond acceptors (Lipinski definition) is 2. The molecule has 0 spiro atoms. The number of hydrogen-bond donors (Lipinski definition) is 2. The van der Waals surface area contributed by atoms with Crippen LogP contribution in [0.4, 0.5) is 0 Å². The molecule has 2 nitrogen and oxygen atoms in total. The van der Waals surface area contributed by atoms with E-state index in [2.05, 4.69) is 12.2 Å². The zero-order chi connectivity index (χ0) is 9.26. The molecule has 0 aliphatic heterocycles. The van der Waals surface area contributed by atoms with Crippen LogP contribution in [0, 0.1) is 23.7 Å². The van der Waals surface area contributed by atoms with E-state index in [9.17, 15) is 0 Å². The second-order valence-corrected chi connectivity index (χ2v) is 4.30. The lowest BCUT2D eigenvalue weighted by Crippen LogP contribution is -2.21. The van der Waals surface area contributed by atoms with Crippen molar-refractivity contribution in [3.63, 3.8) is 0 Å². The van der Waals surface area contributed by atoms with Crippen molar-refractivity contribution in [3.8, 4) is 0 Å². The maximum Gasteiger partial charge on any atom is 0.0433 e. The summed E-state index contributed by atoms with van der Waals surface area (Å²) in [6.45, 7) is 0.591. The summed E-state index contributed by atoms with van der Waals surface area (Å²) in [6.07, 6.45) is 7.69. The topological polar surface area (TPSA) is 40.5 Å². The van der Waals surface area contributed by atoms with Crippen LogP contribution in [0.5, 0.6) is 0 Å². The quantitative estimate of drug-likeness (QED) is 0.641. The molecular formula is C11H18O2. The van der Waals surface area contributed by atoms with Crippen molar-refractivity contribution in [2.75, 3.05) is 13.2 Å². The van der Waals surface area contributed by atoms with Gasteiger partial charge in [-0.15, -0.1) is 0 Å². The minimum atomic E-state index is 0.295. The van der Waals surface area contributed by atoms with E-state index in [0.717, 1.165) is 12.8 Å². The number of aliphatic hydroxyl groups excluding tert-OH is 2. The van der Waals surface area contributed by atoms with Crippen molar-refractivity contribution >= 4 is 0 Å². The molecule has 13 heavy (non-hydrogen) atoms. The molecule has 4 unspecified atom stereocenters. The molecule has 2 aliphatic rings. The molecule has 0 saturated heterocycles. The monoisotopic (exact) mass is 182 g/mol. The fraction of sp³-hybridized carbons (Fsp3) is 0.818. The third kappa shape index (κ3) is 1.53. The smallest absolute Gasteiger partial charge is 0.0433 e. The van der Waals surface area contributed by atoms with Gasteiger partial charge in [0.05, 0.1) is 0 Å². The van der Waals surface area contributed by atoms with Crippen LogP contribution in [0.25, 0.3) is 0 Å². The van der Waals surface area contributed by atoms with Crippen LogP contribution in [0.1, 0.15) is 19.3 Å². The van der Waals surface area contributed by atoms with E-state index in [-0.39, 0.29) is 0 Å². The minimum absolute atomic E-state index is 0.295. The number of aliphatic hydroxyl groups is 2. The van der Waals surface area contributed by atoms with Crippen molar-refractivity contribution in [3.05, 3.63) is 12.2 Å². The first-order chi connectivity index (χ1) is 6.36. The first-order valence-electron chi connectivity index (χ1n) is 5.27. The van der Waals surface area contributed by atoms with Gasteiger partial charge in [-0.1, -0.05) is 12.2 Å². The molecule has 2 N–H and O–H groups in total. The molecule has 0 radical (unpaired) electrons. The Bertz CT molecular complexity index is 180. The van der Waals surface area contributed by atoms with Crippen LogP contribution in [0.15, 0.2) is 12.2 Å². The SMILES string of the molecule is OCCC1C2C=CC(C2)C1CCO. The highest BCUT2D eigenvalue weighted by molar-refractivity contribution is 5.13. The molecule has 2 aliphatic carbocycles. The van der Waals surface area contributed by atoms with Gasteiger partial charge in [-0.3, -0.25) is 0 Å². The number of rotatable bonds is 4. The molecular weight excluding hydrogens is 164 g/mol. The maximum atomic E-state index is 8.95. The fourth-order valence-corrected chi connectivity index (χ4v) is 3.18. The second kappa shape index (κ2) is 3.81. The molecule has 2 rings (SSSR count). The zero-order valence-electron chi connectivity index (χ0n) is 7.89. The van der Waals surface area contributed by atoms with Gasteiger partial charge < -0.3 is 10.2 Å². The van der Waals surface area contributed by atoms with Crippen molar-refractivity contribution in [1.82, 2.24) is 0 Å². The summed E-state index contributed by atoms with van der Waals surface area (Å²) in [5, 5.41) is 17.9. The highest BCUT2D eigenvalue weighted by Gasteiger charge is 2.43. The van der Waals surface area contributed by atoms with Crippen molar-refractivity contribution < 1.29 is 10.2 Å². The first-order valence-corrected chi connectivity index (χ1v) is 5.27. The van der Waals surface area contributed by atoms with E-state index in [0.29, 0.717) is 36.9 Å². The minimum Gasteiger partial charge on any atom is -0.396 e. The predicted octanol–water partition coefficient (Wildman–Crippen LogP) is 1.19. The molecule has 1 fully saturated rings. The van der Waals surface area contributed by atoms with Gasteiger partial charge in [0.15, 0.2) is 0 Å². The Morgan fingerprint density at radius 2 is 1.38 bits per heavy atom. The average molecular weight is 182 g/mol. The highest BCUT2D eigenvalue weighted by atomic mass is 16.3. The Kier molecular flexibility index (Phi) is 2.70. The molecule has 2 bridgehead atoms. The third-order valence-corrected chi connectivity index (χ3v) is 3.72. The van der Waals surface area contributed by atoms with E-state index >= 15 is 0 Å². The first kappa shape index (κ1) is 9.22. The molecule has 4 atom stereocenters. The van der Waals surface area contributed by atoms with Gasteiger partial charge in [0, 0.05) is 13.2 Å². The Morgan fingerprint density at radius 3 is 1.77 bits per heavy atom. The summed E-state index contributed by atoms with van der Waals surface area (Å²) in [4.78, 5) is 0. The molecule has 0 aromatic carbocycles. The van der Waals surface area contributed by atoms with E-state index in [1.165, 1.54) is 6.42 Å². The Balaban J connectivity index is 2.02. The summed E-state index contributed by atoms with van der Waals surface area (Å²) in [6, 6.07) is 0. The molecule has 1 saturated carbocycles. The molecule has 2 heteroatoms. The summed E-state index contributed by atoms with van der Waals surface area (Å²) >= 11 is 0. The second-order valence-electron chi connectivity index (χ2n) is 4.30. The standard InChI is InChI=1S/C11H18O2/c12-5-3-10-8-1-2-9(7-8)11(10)4-6-13/h1-2,8-13H,3-7H2. The van der Waals surface area contributed by atoms with E-state index in [1.54, 1.807) is 0 Å². The van der Waals surface area contributed by atoms with Gasteiger partial charge in [0.2, 0.25) is 0 Å². The normalized spacial score (nSPS) is 41.7. The Morgan fingerprint density at radius 1 is 0.923 bits per heavy atom. The lowest BCUT2D eigenvalue weighted by atomic mass is 9.79. The number of allylic oxidation sites excluding steroid dienone is 2. The Labute approximate surface area is 79.3 Å². The van der Waals surface area contributed by atoms with E-state index < -0.39 is 0 Å². The van der Waals surface area contributed by atoms with Crippen molar-refractivity contribution in [2.24, 2.45) is 23.7 Å². The summed E-state index contributed by atoms with van der Waals surface area (Å²) in [5.41, 5.74) is 0. The molecule has 0 aromatic rings. The van der Waals surface area contributed by atoms with Gasteiger partial charge in [-0.2, -0.15) is 0 Å². The van der Waals surface area contributed by atoms with Crippen LogP contribution in [-0.2, 0) is 0 Å². The van der Waals surface area contributed by atoms with Crippen molar-refractivity contribution in [2.45, 2.75) is 19.3 Å². The highest BCUT2D eigenvalue weighted by Crippen LogP contribution is 2.50. The van der Waals surface area contributed by atoms with Gasteiger partial charge in [0.25, 0.3) is 0 Å². The predicted molar refractivity (Wildman–Crippen MR) is 51.1 cm³/mol. The molecule has 0 heterocycles.